The first-order valence-corrected chi connectivity index (χ1v) is 7.86. The quantitative estimate of drug-likeness (QED) is 0.759. The molecule has 0 aliphatic carbocycles. The Balaban J connectivity index is 1.75. The molecule has 0 saturated carbocycles. The van der Waals surface area contributed by atoms with Crippen LogP contribution in [0.5, 0.6) is 5.75 Å². The van der Waals surface area contributed by atoms with Crippen LogP contribution in [0.25, 0.3) is 0 Å². The van der Waals surface area contributed by atoms with Crippen molar-refractivity contribution in [2.24, 2.45) is 0 Å². The average molecular weight is 333 g/mol. The van der Waals surface area contributed by atoms with Gasteiger partial charge in [0.1, 0.15) is 5.75 Å². The number of amides is 1. The van der Waals surface area contributed by atoms with Crippen LogP contribution in [0.3, 0.4) is 0 Å². The van der Waals surface area contributed by atoms with Crippen molar-refractivity contribution >= 4 is 23.2 Å². The molecular formula is C18H21ClN2O2. The summed E-state index contributed by atoms with van der Waals surface area (Å²) in [4.78, 5) is 11.9. The summed E-state index contributed by atoms with van der Waals surface area (Å²) in [5.74, 6) is 0.535. The lowest BCUT2D eigenvalue weighted by molar-refractivity contribution is -0.116. The minimum absolute atomic E-state index is 0.0523. The van der Waals surface area contributed by atoms with Crippen LogP contribution >= 0.6 is 11.6 Å². The third-order valence-corrected chi connectivity index (χ3v) is 3.84. The summed E-state index contributed by atoms with van der Waals surface area (Å²) in [5, 5.41) is 6.58. The molecule has 23 heavy (non-hydrogen) atoms. The van der Waals surface area contributed by atoms with Crippen molar-refractivity contribution in [3.8, 4) is 5.75 Å². The molecule has 1 amide bonds. The van der Waals surface area contributed by atoms with Gasteiger partial charge in [0.05, 0.1) is 12.1 Å². The SMILES string of the molecule is COc1ccc(NC(=O)CCNCc2ccccc2C)cc1Cl. The van der Waals surface area contributed by atoms with Gasteiger partial charge in [0, 0.05) is 25.2 Å². The van der Waals surface area contributed by atoms with Gasteiger partial charge in [-0.2, -0.15) is 0 Å². The molecule has 4 nitrogen and oxygen atoms in total. The highest BCUT2D eigenvalue weighted by Gasteiger charge is 2.06. The smallest absolute Gasteiger partial charge is 0.225 e. The Labute approximate surface area is 141 Å². The van der Waals surface area contributed by atoms with Crippen LogP contribution in [0.15, 0.2) is 42.5 Å². The van der Waals surface area contributed by atoms with Crippen LogP contribution in [-0.4, -0.2) is 19.6 Å². The second-order valence-electron chi connectivity index (χ2n) is 5.25. The van der Waals surface area contributed by atoms with E-state index >= 15 is 0 Å². The maximum atomic E-state index is 11.9. The van der Waals surface area contributed by atoms with Crippen molar-refractivity contribution in [2.75, 3.05) is 19.0 Å². The normalized spacial score (nSPS) is 10.4. The largest absolute Gasteiger partial charge is 0.495 e. The van der Waals surface area contributed by atoms with Gasteiger partial charge < -0.3 is 15.4 Å². The van der Waals surface area contributed by atoms with Crippen LogP contribution in [0.4, 0.5) is 5.69 Å². The highest BCUT2D eigenvalue weighted by Crippen LogP contribution is 2.27. The molecule has 2 aromatic carbocycles. The van der Waals surface area contributed by atoms with Crippen molar-refractivity contribution in [1.82, 2.24) is 5.32 Å². The molecule has 2 N–H and O–H groups in total. The Hall–Kier alpha value is -2.04. The molecule has 0 spiro atoms. The summed E-state index contributed by atoms with van der Waals surface area (Å²) in [6, 6.07) is 13.4. The van der Waals surface area contributed by atoms with E-state index in [4.69, 9.17) is 16.3 Å². The van der Waals surface area contributed by atoms with Gasteiger partial charge in [-0.25, -0.2) is 0 Å². The fourth-order valence-electron chi connectivity index (χ4n) is 2.20. The summed E-state index contributed by atoms with van der Waals surface area (Å²) >= 11 is 6.03. The van der Waals surface area contributed by atoms with Gasteiger partial charge in [0.2, 0.25) is 5.91 Å². The van der Waals surface area contributed by atoms with E-state index in [0.717, 1.165) is 6.54 Å². The van der Waals surface area contributed by atoms with E-state index in [-0.39, 0.29) is 5.91 Å². The second kappa shape index (κ2) is 8.56. The molecule has 0 bridgehead atoms. The van der Waals surface area contributed by atoms with Gasteiger partial charge in [-0.05, 0) is 36.2 Å². The minimum atomic E-state index is -0.0523. The van der Waals surface area contributed by atoms with Crippen LogP contribution in [-0.2, 0) is 11.3 Å². The molecule has 0 aliphatic rings. The molecule has 2 rings (SSSR count). The summed E-state index contributed by atoms with van der Waals surface area (Å²) in [6.45, 7) is 3.45. The van der Waals surface area contributed by atoms with Gasteiger partial charge in [0.25, 0.3) is 0 Å². The van der Waals surface area contributed by atoms with E-state index in [0.29, 0.717) is 29.4 Å². The number of anilines is 1. The van der Waals surface area contributed by atoms with Gasteiger partial charge in [-0.1, -0.05) is 35.9 Å². The van der Waals surface area contributed by atoms with E-state index in [1.54, 1.807) is 25.3 Å². The fourth-order valence-corrected chi connectivity index (χ4v) is 2.46. The molecule has 0 saturated heterocycles. The van der Waals surface area contributed by atoms with E-state index in [1.807, 2.05) is 12.1 Å². The highest BCUT2D eigenvalue weighted by molar-refractivity contribution is 6.32. The number of carbonyl (C=O) groups excluding carboxylic acids is 1. The molecule has 0 aromatic heterocycles. The van der Waals surface area contributed by atoms with Crippen LogP contribution < -0.4 is 15.4 Å². The first kappa shape index (κ1) is 17.3. The number of methoxy groups -OCH3 is 1. The molecule has 0 atom stereocenters. The van der Waals surface area contributed by atoms with E-state index in [2.05, 4.69) is 29.7 Å². The van der Waals surface area contributed by atoms with Crippen LogP contribution in [0, 0.1) is 6.92 Å². The standard InChI is InChI=1S/C18H21ClN2O2/c1-13-5-3-4-6-14(13)12-20-10-9-18(22)21-15-7-8-17(23-2)16(19)11-15/h3-8,11,20H,9-10,12H2,1-2H3,(H,21,22). The molecule has 0 heterocycles. The van der Waals surface area contributed by atoms with Crippen molar-refractivity contribution in [1.29, 1.82) is 0 Å². The zero-order valence-corrected chi connectivity index (χ0v) is 14.1. The van der Waals surface area contributed by atoms with Gasteiger partial charge in [-0.15, -0.1) is 0 Å². The Kier molecular flexibility index (Phi) is 6.44. The van der Waals surface area contributed by atoms with E-state index < -0.39 is 0 Å². The second-order valence-corrected chi connectivity index (χ2v) is 5.66. The summed E-state index contributed by atoms with van der Waals surface area (Å²) in [5.41, 5.74) is 3.16. The van der Waals surface area contributed by atoms with Crippen LogP contribution in [0.1, 0.15) is 17.5 Å². The third kappa shape index (κ3) is 5.27. The topological polar surface area (TPSA) is 50.4 Å². The van der Waals surface area contributed by atoms with Crippen molar-refractivity contribution in [3.05, 3.63) is 58.6 Å². The lowest BCUT2D eigenvalue weighted by Gasteiger charge is -2.09. The van der Waals surface area contributed by atoms with E-state index in [9.17, 15) is 4.79 Å². The number of hydrogen-bond donors (Lipinski definition) is 2. The molecule has 0 aliphatic heterocycles. The number of aryl methyl sites for hydroxylation is 1. The molecular weight excluding hydrogens is 312 g/mol. The molecule has 0 unspecified atom stereocenters. The highest BCUT2D eigenvalue weighted by atomic mass is 35.5. The molecule has 0 fully saturated rings. The predicted octanol–water partition coefficient (Wildman–Crippen LogP) is 3.78. The van der Waals surface area contributed by atoms with Gasteiger partial charge in [0.15, 0.2) is 0 Å². The average Bonchev–Trinajstić information content (AvgIpc) is 2.53. The predicted molar refractivity (Wildman–Crippen MR) is 94.1 cm³/mol. The maximum absolute atomic E-state index is 11.9. The first-order valence-electron chi connectivity index (χ1n) is 7.49. The Bertz CT molecular complexity index is 674. The van der Waals surface area contributed by atoms with Crippen molar-refractivity contribution < 1.29 is 9.53 Å². The summed E-state index contributed by atoms with van der Waals surface area (Å²) in [7, 11) is 1.56. The summed E-state index contributed by atoms with van der Waals surface area (Å²) in [6.07, 6.45) is 0.398. The fraction of sp³-hybridized carbons (Fsp3) is 0.278. The number of halogens is 1. The maximum Gasteiger partial charge on any atom is 0.225 e. The molecule has 122 valence electrons. The number of nitrogens with one attached hydrogen (secondary N) is 2. The Morgan fingerprint density at radius 2 is 2.00 bits per heavy atom. The number of carbonyl (C=O) groups is 1. The van der Waals surface area contributed by atoms with Gasteiger partial charge >= 0.3 is 0 Å². The zero-order chi connectivity index (χ0) is 16.7. The van der Waals surface area contributed by atoms with Crippen molar-refractivity contribution in [2.45, 2.75) is 19.9 Å². The Morgan fingerprint density at radius 3 is 2.70 bits per heavy atom. The lowest BCUT2D eigenvalue weighted by atomic mass is 10.1. The monoisotopic (exact) mass is 332 g/mol. The molecule has 2 aromatic rings. The molecule has 5 heteroatoms. The van der Waals surface area contributed by atoms with Crippen molar-refractivity contribution in [3.63, 3.8) is 0 Å². The van der Waals surface area contributed by atoms with Crippen LogP contribution in [0.2, 0.25) is 5.02 Å². The number of benzene rings is 2. The molecule has 0 radical (unpaired) electrons. The lowest BCUT2D eigenvalue weighted by Crippen LogP contribution is -2.21. The third-order valence-electron chi connectivity index (χ3n) is 3.54. The summed E-state index contributed by atoms with van der Waals surface area (Å²) < 4.78 is 5.08. The number of hydrogen-bond acceptors (Lipinski definition) is 3. The minimum Gasteiger partial charge on any atom is -0.495 e. The first-order chi connectivity index (χ1) is 11.1. The number of rotatable bonds is 7. The Morgan fingerprint density at radius 1 is 1.22 bits per heavy atom. The zero-order valence-electron chi connectivity index (χ0n) is 13.4. The van der Waals surface area contributed by atoms with E-state index in [1.165, 1.54) is 11.1 Å². The number of ether oxygens (including phenoxy) is 1. The van der Waals surface area contributed by atoms with Gasteiger partial charge in [-0.3, -0.25) is 4.79 Å².